The van der Waals surface area contributed by atoms with Crippen LogP contribution in [-0.4, -0.2) is 35.1 Å². The van der Waals surface area contributed by atoms with Gasteiger partial charge in [0, 0.05) is 6.20 Å². The molecule has 3 aromatic heterocycles. The highest BCUT2D eigenvalue weighted by Gasteiger charge is 2.12. The third kappa shape index (κ3) is 1.59. The van der Waals surface area contributed by atoms with E-state index in [1.54, 1.807) is 25.4 Å². The molecule has 0 radical (unpaired) electrons. The van der Waals surface area contributed by atoms with Gasteiger partial charge in [0.2, 0.25) is 5.95 Å². The van der Waals surface area contributed by atoms with Crippen molar-refractivity contribution in [3.63, 3.8) is 0 Å². The van der Waals surface area contributed by atoms with E-state index in [1.807, 2.05) is 0 Å². The second-order valence-electron chi connectivity index (χ2n) is 3.90. The molecule has 0 aliphatic rings. The number of nitrogens with one attached hydrogen (secondary N) is 1. The van der Waals surface area contributed by atoms with Crippen molar-refractivity contribution in [1.29, 1.82) is 0 Å². The number of aliphatic hydroxyl groups is 1. The Morgan fingerprint density at radius 1 is 1.44 bits per heavy atom. The number of aromatic amines is 1. The highest BCUT2D eigenvalue weighted by atomic mass is 16.3. The van der Waals surface area contributed by atoms with E-state index in [2.05, 4.69) is 25.3 Å². The molecule has 3 aromatic rings. The molecule has 4 N–H and O–H groups in total. The molecule has 92 valence electrons. The van der Waals surface area contributed by atoms with Gasteiger partial charge in [0.1, 0.15) is 0 Å². The molecule has 1 unspecified atom stereocenters. The van der Waals surface area contributed by atoms with Crippen LogP contribution in [0.3, 0.4) is 0 Å². The minimum absolute atomic E-state index is 0.135. The van der Waals surface area contributed by atoms with Crippen molar-refractivity contribution < 1.29 is 5.11 Å². The lowest BCUT2D eigenvalue weighted by atomic mass is 10.3. The SMILES string of the molecule is CC(O)c1ccn(-c2nc(N)nc3[nH]ncc23)n1. The number of nitrogens with zero attached hydrogens (tertiary/aromatic N) is 5. The van der Waals surface area contributed by atoms with Crippen LogP contribution in [0.2, 0.25) is 0 Å². The summed E-state index contributed by atoms with van der Waals surface area (Å²) in [5, 5.41) is 21.0. The van der Waals surface area contributed by atoms with Crippen LogP contribution in [0.15, 0.2) is 18.5 Å². The number of aliphatic hydroxyl groups excluding tert-OH is 1. The summed E-state index contributed by atoms with van der Waals surface area (Å²) in [6.07, 6.45) is 2.68. The van der Waals surface area contributed by atoms with E-state index < -0.39 is 6.10 Å². The van der Waals surface area contributed by atoms with Crippen molar-refractivity contribution in [2.45, 2.75) is 13.0 Å². The summed E-state index contributed by atoms with van der Waals surface area (Å²) in [7, 11) is 0. The molecule has 8 heteroatoms. The number of hydrogen-bond donors (Lipinski definition) is 3. The summed E-state index contributed by atoms with van der Waals surface area (Å²) in [6.45, 7) is 1.65. The van der Waals surface area contributed by atoms with Crippen LogP contribution >= 0.6 is 0 Å². The van der Waals surface area contributed by atoms with Gasteiger partial charge in [-0.15, -0.1) is 0 Å². The number of fused-ring (bicyclic) bond motifs is 1. The van der Waals surface area contributed by atoms with E-state index in [0.29, 0.717) is 22.5 Å². The van der Waals surface area contributed by atoms with Gasteiger partial charge in [-0.25, -0.2) is 4.68 Å². The number of rotatable bonds is 2. The molecular weight excluding hydrogens is 234 g/mol. The van der Waals surface area contributed by atoms with Crippen LogP contribution in [-0.2, 0) is 0 Å². The number of nitrogen functional groups attached to an aromatic ring is 1. The van der Waals surface area contributed by atoms with Gasteiger partial charge < -0.3 is 10.8 Å². The molecule has 0 saturated heterocycles. The summed E-state index contributed by atoms with van der Waals surface area (Å²) in [6, 6.07) is 1.72. The molecular formula is C10H11N7O. The Balaban J connectivity index is 2.20. The van der Waals surface area contributed by atoms with Crippen LogP contribution in [0.5, 0.6) is 0 Å². The maximum atomic E-state index is 9.46. The van der Waals surface area contributed by atoms with Crippen LogP contribution in [0.1, 0.15) is 18.7 Å². The Kier molecular flexibility index (Phi) is 2.23. The lowest BCUT2D eigenvalue weighted by Gasteiger charge is -2.03. The van der Waals surface area contributed by atoms with E-state index >= 15 is 0 Å². The zero-order valence-electron chi connectivity index (χ0n) is 9.57. The number of H-pyrrole nitrogens is 1. The van der Waals surface area contributed by atoms with E-state index in [-0.39, 0.29) is 5.95 Å². The molecule has 0 aliphatic heterocycles. The topological polar surface area (TPSA) is 119 Å². The van der Waals surface area contributed by atoms with E-state index in [9.17, 15) is 5.11 Å². The first kappa shape index (κ1) is 10.7. The Morgan fingerprint density at radius 2 is 2.28 bits per heavy atom. The van der Waals surface area contributed by atoms with Crippen molar-refractivity contribution >= 4 is 17.0 Å². The largest absolute Gasteiger partial charge is 0.387 e. The van der Waals surface area contributed by atoms with Crippen molar-refractivity contribution in [3.8, 4) is 5.82 Å². The van der Waals surface area contributed by atoms with Crippen LogP contribution in [0.4, 0.5) is 5.95 Å². The van der Waals surface area contributed by atoms with E-state index in [0.717, 1.165) is 0 Å². The third-order valence-electron chi connectivity index (χ3n) is 2.56. The molecule has 0 spiro atoms. The average Bonchev–Trinajstić information content (AvgIpc) is 2.95. The highest BCUT2D eigenvalue weighted by Crippen LogP contribution is 2.18. The van der Waals surface area contributed by atoms with Crippen LogP contribution < -0.4 is 5.73 Å². The first-order valence-electron chi connectivity index (χ1n) is 5.36. The fourth-order valence-electron chi connectivity index (χ4n) is 1.69. The summed E-state index contributed by atoms with van der Waals surface area (Å²) in [5.41, 5.74) is 6.73. The van der Waals surface area contributed by atoms with Crippen LogP contribution in [0, 0.1) is 0 Å². The molecule has 0 aromatic carbocycles. The second kappa shape index (κ2) is 3.77. The molecule has 0 bridgehead atoms. The molecule has 8 nitrogen and oxygen atoms in total. The monoisotopic (exact) mass is 245 g/mol. The zero-order chi connectivity index (χ0) is 12.7. The number of hydrogen-bond acceptors (Lipinski definition) is 6. The van der Waals surface area contributed by atoms with Gasteiger partial charge in [0.05, 0.1) is 23.4 Å². The van der Waals surface area contributed by atoms with Crippen molar-refractivity contribution in [3.05, 3.63) is 24.2 Å². The van der Waals surface area contributed by atoms with Gasteiger partial charge in [-0.2, -0.15) is 20.2 Å². The average molecular weight is 245 g/mol. The third-order valence-corrected chi connectivity index (χ3v) is 2.56. The van der Waals surface area contributed by atoms with Gasteiger partial charge >= 0.3 is 0 Å². The minimum atomic E-state index is -0.634. The predicted molar refractivity (Wildman–Crippen MR) is 63.9 cm³/mol. The standard InChI is InChI=1S/C10H11N7O/c1-5(18)7-2-3-17(16-7)9-6-4-12-15-8(6)13-10(11)14-9/h2-5,18H,1H3,(H3,11,12,13,14,15). The second-order valence-corrected chi connectivity index (χ2v) is 3.90. The Hall–Kier alpha value is -2.48. The highest BCUT2D eigenvalue weighted by molar-refractivity contribution is 5.82. The summed E-state index contributed by atoms with van der Waals surface area (Å²) < 4.78 is 1.54. The zero-order valence-corrected chi connectivity index (χ0v) is 9.57. The number of aromatic nitrogens is 6. The van der Waals surface area contributed by atoms with E-state index in [1.165, 1.54) is 4.68 Å². The van der Waals surface area contributed by atoms with Gasteiger partial charge in [-0.1, -0.05) is 0 Å². The van der Waals surface area contributed by atoms with Crippen molar-refractivity contribution in [2.24, 2.45) is 0 Å². The summed E-state index contributed by atoms with van der Waals surface area (Å²) in [5.74, 6) is 0.661. The van der Waals surface area contributed by atoms with E-state index in [4.69, 9.17) is 5.73 Å². The van der Waals surface area contributed by atoms with Gasteiger partial charge in [-0.3, -0.25) is 5.10 Å². The first-order valence-corrected chi connectivity index (χ1v) is 5.36. The fourth-order valence-corrected chi connectivity index (χ4v) is 1.69. The predicted octanol–water partition coefficient (Wildman–Crippen LogP) is 0.174. The molecule has 0 saturated carbocycles. The Bertz CT molecular complexity index is 699. The maximum Gasteiger partial charge on any atom is 0.224 e. The van der Waals surface area contributed by atoms with Crippen LogP contribution in [0.25, 0.3) is 16.9 Å². The molecule has 0 aliphatic carbocycles. The first-order chi connectivity index (χ1) is 8.65. The lowest BCUT2D eigenvalue weighted by molar-refractivity contribution is 0.193. The minimum Gasteiger partial charge on any atom is -0.387 e. The van der Waals surface area contributed by atoms with Crippen molar-refractivity contribution in [1.82, 2.24) is 29.9 Å². The molecule has 1 atom stereocenters. The smallest absolute Gasteiger partial charge is 0.224 e. The van der Waals surface area contributed by atoms with Gasteiger partial charge in [0.25, 0.3) is 0 Å². The quantitative estimate of drug-likeness (QED) is 0.592. The molecule has 3 rings (SSSR count). The summed E-state index contributed by atoms with van der Waals surface area (Å²) in [4.78, 5) is 8.16. The normalized spacial score (nSPS) is 13.0. The molecule has 0 amide bonds. The Labute approximate surface area is 101 Å². The molecule has 0 fully saturated rings. The Morgan fingerprint density at radius 3 is 3.00 bits per heavy atom. The van der Waals surface area contributed by atoms with Gasteiger partial charge in [0.15, 0.2) is 11.5 Å². The number of anilines is 1. The maximum absolute atomic E-state index is 9.46. The van der Waals surface area contributed by atoms with Crippen molar-refractivity contribution in [2.75, 3.05) is 5.73 Å². The lowest BCUT2D eigenvalue weighted by Crippen LogP contribution is -2.05. The summed E-state index contributed by atoms with van der Waals surface area (Å²) >= 11 is 0. The fraction of sp³-hybridized carbons (Fsp3) is 0.200. The van der Waals surface area contributed by atoms with Gasteiger partial charge in [-0.05, 0) is 13.0 Å². The number of nitrogens with two attached hydrogens (primary N) is 1. The molecule has 3 heterocycles. The molecule has 18 heavy (non-hydrogen) atoms.